The van der Waals surface area contributed by atoms with Crippen molar-refractivity contribution in [2.24, 2.45) is 0 Å². The third-order valence-electron chi connectivity index (χ3n) is 5.73. The largest absolute Gasteiger partial charge is 0.372 e. The Hall–Kier alpha value is -2.06. The third kappa shape index (κ3) is 4.98. The van der Waals surface area contributed by atoms with Gasteiger partial charge in [-0.2, -0.15) is 0 Å². The normalized spacial score (nSPS) is 18.7. The molecular weight excluding hydrogens is 466 g/mol. The number of sulfonamides is 1. The lowest BCUT2D eigenvalue weighted by atomic mass is 10.1. The zero-order chi connectivity index (χ0) is 21.1. The van der Waals surface area contributed by atoms with Gasteiger partial charge in [0.1, 0.15) is 5.75 Å². The Morgan fingerprint density at radius 1 is 1.07 bits per heavy atom. The molecule has 1 aliphatic heterocycles. The predicted octanol–water partition coefficient (Wildman–Crippen LogP) is 3.98. The van der Waals surface area contributed by atoms with Gasteiger partial charge in [-0.05, 0) is 73.6 Å². The molecule has 2 aliphatic rings. The van der Waals surface area contributed by atoms with E-state index >= 15 is 0 Å². The first-order valence-corrected chi connectivity index (χ1v) is 12.8. The van der Waals surface area contributed by atoms with E-state index in [4.69, 9.17) is 0 Å². The number of halogens is 1. The second-order valence-electron chi connectivity index (χ2n) is 7.92. The number of nitrogens with zero attached hydrogens (tertiary/aromatic N) is 1. The molecule has 2 aromatic carbocycles. The standard InChI is InChI=1S/C22H26BrN3O3S/c23-20-6-4-5-19-18(20)11-12-21(19)24-22(27)15-30(28,29)25-16-7-9-17(10-8-16)26-13-2-1-3-14-26/h4-10,21,25H,1-3,11-15H2,(H,24,27). The van der Waals surface area contributed by atoms with Crippen molar-refractivity contribution in [2.45, 2.75) is 38.1 Å². The maximum atomic E-state index is 12.5. The molecule has 1 fully saturated rings. The van der Waals surface area contributed by atoms with E-state index in [9.17, 15) is 13.2 Å². The number of rotatable bonds is 6. The van der Waals surface area contributed by atoms with Crippen LogP contribution in [0, 0.1) is 0 Å². The smallest absolute Gasteiger partial charge is 0.241 e. The zero-order valence-electron chi connectivity index (χ0n) is 16.7. The summed E-state index contributed by atoms with van der Waals surface area (Å²) in [6.45, 7) is 2.07. The Kier molecular flexibility index (Phi) is 6.34. The number of piperidine rings is 1. The molecule has 1 amide bonds. The van der Waals surface area contributed by atoms with Crippen molar-refractivity contribution in [3.8, 4) is 0 Å². The summed E-state index contributed by atoms with van der Waals surface area (Å²) in [7, 11) is -3.78. The van der Waals surface area contributed by atoms with Crippen molar-refractivity contribution in [3.05, 3.63) is 58.1 Å². The van der Waals surface area contributed by atoms with Crippen LogP contribution in [-0.2, 0) is 21.2 Å². The molecule has 1 unspecified atom stereocenters. The second kappa shape index (κ2) is 8.98. The van der Waals surface area contributed by atoms with Crippen molar-refractivity contribution in [1.82, 2.24) is 5.32 Å². The van der Waals surface area contributed by atoms with Crippen LogP contribution in [0.4, 0.5) is 11.4 Å². The molecule has 1 saturated heterocycles. The van der Waals surface area contributed by atoms with Crippen LogP contribution < -0.4 is 14.9 Å². The zero-order valence-corrected chi connectivity index (χ0v) is 19.1. The third-order valence-corrected chi connectivity index (χ3v) is 7.66. The first-order chi connectivity index (χ1) is 14.4. The average molecular weight is 492 g/mol. The minimum Gasteiger partial charge on any atom is -0.372 e. The number of hydrogen-bond acceptors (Lipinski definition) is 4. The molecule has 0 bridgehead atoms. The molecule has 4 rings (SSSR count). The quantitative estimate of drug-likeness (QED) is 0.640. The van der Waals surface area contributed by atoms with E-state index in [0.717, 1.165) is 41.7 Å². The van der Waals surface area contributed by atoms with Crippen molar-refractivity contribution < 1.29 is 13.2 Å². The molecule has 2 aromatic rings. The average Bonchev–Trinajstić information content (AvgIpc) is 3.12. The monoisotopic (exact) mass is 491 g/mol. The molecule has 0 spiro atoms. The van der Waals surface area contributed by atoms with E-state index in [2.05, 4.69) is 30.9 Å². The fraction of sp³-hybridized carbons (Fsp3) is 0.409. The van der Waals surface area contributed by atoms with Gasteiger partial charge in [0.2, 0.25) is 15.9 Å². The van der Waals surface area contributed by atoms with Gasteiger partial charge in [-0.25, -0.2) is 8.42 Å². The number of hydrogen-bond donors (Lipinski definition) is 2. The van der Waals surface area contributed by atoms with Gasteiger partial charge in [0.25, 0.3) is 0 Å². The lowest BCUT2D eigenvalue weighted by Gasteiger charge is -2.28. The van der Waals surface area contributed by atoms with Crippen molar-refractivity contribution >= 4 is 43.2 Å². The van der Waals surface area contributed by atoms with Crippen LogP contribution in [0.3, 0.4) is 0 Å². The summed E-state index contributed by atoms with van der Waals surface area (Å²) in [5.74, 6) is -1.09. The summed E-state index contributed by atoms with van der Waals surface area (Å²) in [5.41, 5.74) is 3.80. The number of benzene rings is 2. The Morgan fingerprint density at radius 2 is 1.80 bits per heavy atom. The maximum absolute atomic E-state index is 12.5. The summed E-state index contributed by atoms with van der Waals surface area (Å²) < 4.78 is 28.5. The van der Waals surface area contributed by atoms with E-state index in [0.29, 0.717) is 5.69 Å². The fourth-order valence-electron chi connectivity index (χ4n) is 4.28. The van der Waals surface area contributed by atoms with Crippen LogP contribution in [0.25, 0.3) is 0 Å². The van der Waals surface area contributed by atoms with Gasteiger partial charge in [-0.1, -0.05) is 28.1 Å². The van der Waals surface area contributed by atoms with Crippen LogP contribution in [0.15, 0.2) is 46.9 Å². The molecular formula is C22H26BrN3O3S. The number of nitrogens with one attached hydrogen (secondary N) is 2. The van der Waals surface area contributed by atoms with E-state index < -0.39 is 21.7 Å². The number of carbonyl (C=O) groups excluding carboxylic acids is 1. The highest BCUT2D eigenvalue weighted by atomic mass is 79.9. The molecule has 8 heteroatoms. The van der Waals surface area contributed by atoms with Gasteiger partial charge in [-0.3, -0.25) is 9.52 Å². The molecule has 0 saturated carbocycles. The predicted molar refractivity (Wildman–Crippen MR) is 123 cm³/mol. The van der Waals surface area contributed by atoms with Gasteiger partial charge in [-0.15, -0.1) is 0 Å². The topological polar surface area (TPSA) is 78.5 Å². The maximum Gasteiger partial charge on any atom is 0.241 e. The van der Waals surface area contributed by atoms with Crippen molar-refractivity contribution in [2.75, 3.05) is 28.5 Å². The number of fused-ring (bicyclic) bond motifs is 1. The minimum atomic E-state index is -3.78. The van der Waals surface area contributed by atoms with Crippen molar-refractivity contribution in [3.63, 3.8) is 0 Å². The lowest BCUT2D eigenvalue weighted by Crippen LogP contribution is -2.34. The van der Waals surface area contributed by atoms with Gasteiger partial charge in [0, 0.05) is 28.9 Å². The first kappa shape index (κ1) is 21.2. The summed E-state index contributed by atoms with van der Waals surface area (Å²) in [5, 5.41) is 2.87. The van der Waals surface area contributed by atoms with Gasteiger partial charge >= 0.3 is 0 Å². The van der Waals surface area contributed by atoms with Crippen LogP contribution in [-0.4, -0.2) is 33.2 Å². The number of amides is 1. The van der Waals surface area contributed by atoms with Gasteiger partial charge < -0.3 is 10.2 Å². The van der Waals surface area contributed by atoms with Crippen LogP contribution in [0.1, 0.15) is 42.9 Å². The molecule has 1 heterocycles. The Morgan fingerprint density at radius 3 is 2.53 bits per heavy atom. The second-order valence-corrected chi connectivity index (χ2v) is 10.5. The molecule has 6 nitrogen and oxygen atoms in total. The molecule has 0 aromatic heterocycles. The summed E-state index contributed by atoms with van der Waals surface area (Å²) in [4.78, 5) is 14.7. The molecule has 0 radical (unpaired) electrons. The van der Waals surface area contributed by atoms with E-state index in [1.54, 1.807) is 12.1 Å². The summed E-state index contributed by atoms with van der Waals surface area (Å²) in [6.07, 6.45) is 5.27. The summed E-state index contributed by atoms with van der Waals surface area (Å²) >= 11 is 3.54. The molecule has 30 heavy (non-hydrogen) atoms. The Bertz CT molecular complexity index is 1020. The van der Waals surface area contributed by atoms with E-state index in [-0.39, 0.29) is 6.04 Å². The molecule has 2 N–H and O–H groups in total. The van der Waals surface area contributed by atoms with Crippen LogP contribution >= 0.6 is 15.9 Å². The molecule has 1 aliphatic carbocycles. The van der Waals surface area contributed by atoms with E-state index in [1.807, 2.05) is 30.3 Å². The number of carbonyl (C=O) groups is 1. The SMILES string of the molecule is O=C(CS(=O)(=O)Nc1ccc(N2CCCCC2)cc1)NC1CCc2c(Br)cccc21. The van der Waals surface area contributed by atoms with Gasteiger partial charge in [0.05, 0.1) is 6.04 Å². The fourth-order valence-corrected chi connectivity index (χ4v) is 5.85. The van der Waals surface area contributed by atoms with Crippen molar-refractivity contribution in [1.29, 1.82) is 0 Å². The highest BCUT2D eigenvalue weighted by Crippen LogP contribution is 2.35. The van der Waals surface area contributed by atoms with Crippen LogP contribution in [0.2, 0.25) is 0 Å². The summed E-state index contributed by atoms with van der Waals surface area (Å²) in [6, 6.07) is 13.1. The Labute approximate surface area is 186 Å². The highest BCUT2D eigenvalue weighted by molar-refractivity contribution is 9.10. The lowest BCUT2D eigenvalue weighted by molar-refractivity contribution is -0.119. The Balaban J connectivity index is 1.34. The molecule has 1 atom stereocenters. The molecule has 160 valence electrons. The first-order valence-electron chi connectivity index (χ1n) is 10.3. The highest BCUT2D eigenvalue weighted by Gasteiger charge is 2.27. The number of anilines is 2. The van der Waals surface area contributed by atoms with Crippen LogP contribution in [0.5, 0.6) is 0 Å². The minimum absolute atomic E-state index is 0.149. The van der Waals surface area contributed by atoms with E-state index in [1.165, 1.54) is 24.8 Å². The van der Waals surface area contributed by atoms with Gasteiger partial charge in [0.15, 0.2) is 0 Å².